The number of hydrogen-bond donors (Lipinski definition) is 1. The molecule has 1 aromatic carbocycles. The highest BCUT2D eigenvalue weighted by Gasteiger charge is 2.23. The molecule has 0 radical (unpaired) electrons. The first-order valence-corrected chi connectivity index (χ1v) is 8.06. The Bertz CT molecular complexity index is 598. The molecule has 0 saturated carbocycles. The molecule has 0 amide bonds. The Morgan fingerprint density at radius 3 is 2.70 bits per heavy atom. The van der Waals surface area contributed by atoms with Crippen molar-refractivity contribution in [2.24, 2.45) is 0 Å². The maximum Gasteiger partial charge on any atom is 0.129 e. The number of benzene rings is 1. The minimum atomic E-state index is -0.235. The molecular weight excluding hydrogens is 389 g/mol. The van der Waals surface area contributed by atoms with Crippen LogP contribution in [0.2, 0.25) is 0 Å². The number of halogens is 3. The zero-order valence-electron chi connectivity index (χ0n) is 11.3. The van der Waals surface area contributed by atoms with Crippen LogP contribution in [0.5, 0.6) is 0 Å². The van der Waals surface area contributed by atoms with E-state index in [4.69, 9.17) is 0 Å². The van der Waals surface area contributed by atoms with Gasteiger partial charge in [0.1, 0.15) is 5.82 Å². The predicted octanol–water partition coefficient (Wildman–Crippen LogP) is 4.27. The predicted molar refractivity (Wildman–Crippen MR) is 85.2 cm³/mol. The van der Waals surface area contributed by atoms with Crippen molar-refractivity contribution in [3.8, 4) is 0 Å². The van der Waals surface area contributed by atoms with E-state index in [1.807, 2.05) is 24.6 Å². The third kappa shape index (κ3) is 3.13. The first kappa shape index (κ1) is 15.7. The fraction of sp³-hybridized carbons (Fsp3) is 0.357. The lowest BCUT2D eigenvalue weighted by Gasteiger charge is -2.21. The number of nitrogens with zero attached hydrogens (tertiary/aromatic N) is 2. The van der Waals surface area contributed by atoms with Gasteiger partial charge in [0.15, 0.2) is 0 Å². The molecule has 1 aromatic heterocycles. The highest BCUT2D eigenvalue weighted by Crippen LogP contribution is 2.31. The van der Waals surface area contributed by atoms with Gasteiger partial charge in [-0.3, -0.25) is 4.68 Å². The van der Waals surface area contributed by atoms with E-state index in [0.29, 0.717) is 5.56 Å². The van der Waals surface area contributed by atoms with Gasteiger partial charge < -0.3 is 5.32 Å². The van der Waals surface area contributed by atoms with Crippen molar-refractivity contribution in [3.05, 3.63) is 50.4 Å². The third-order valence-corrected chi connectivity index (χ3v) is 4.19. The van der Waals surface area contributed by atoms with Crippen LogP contribution in [-0.2, 0) is 6.54 Å². The molecule has 0 spiro atoms. The largest absolute Gasteiger partial charge is 0.305 e. The summed E-state index contributed by atoms with van der Waals surface area (Å²) >= 11 is 6.80. The minimum absolute atomic E-state index is 0.232. The summed E-state index contributed by atoms with van der Waals surface area (Å²) in [5.74, 6) is -0.235. The van der Waals surface area contributed by atoms with Gasteiger partial charge >= 0.3 is 0 Å². The Balaban J connectivity index is 2.53. The lowest BCUT2D eigenvalue weighted by Crippen LogP contribution is -2.26. The van der Waals surface area contributed by atoms with Gasteiger partial charge in [-0.2, -0.15) is 5.10 Å². The van der Waals surface area contributed by atoms with Gasteiger partial charge in [0, 0.05) is 16.6 Å². The van der Waals surface area contributed by atoms with Crippen LogP contribution >= 0.6 is 31.9 Å². The van der Waals surface area contributed by atoms with Crippen molar-refractivity contribution in [2.75, 3.05) is 6.54 Å². The zero-order valence-corrected chi connectivity index (χ0v) is 14.5. The monoisotopic (exact) mass is 403 g/mol. The smallest absolute Gasteiger partial charge is 0.129 e. The Hall–Kier alpha value is -0.720. The summed E-state index contributed by atoms with van der Waals surface area (Å²) in [5.41, 5.74) is 1.56. The van der Waals surface area contributed by atoms with Gasteiger partial charge in [-0.1, -0.05) is 28.9 Å². The molecule has 1 N–H and O–H groups in total. The first-order valence-electron chi connectivity index (χ1n) is 6.48. The summed E-state index contributed by atoms with van der Waals surface area (Å²) in [5, 5.41) is 7.64. The van der Waals surface area contributed by atoms with E-state index in [2.05, 4.69) is 42.3 Å². The average Bonchev–Trinajstić information content (AvgIpc) is 2.78. The molecular formula is C14H16Br2FN3. The van der Waals surface area contributed by atoms with Crippen LogP contribution in [0.4, 0.5) is 4.39 Å². The molecule has 3 nitrogen and oxygen atoms in total. The van der Waals surface area contributed by atoms with Gasteiger partial charge in [-0.05, 0) is 41.5 Å². The van der Waals surface area contributed by atoms with Crippen LogP contribution in [0.3, 0.4) is 0 Å². The standard InChI is InChI=1S/C14H16Br2FN3/c1-3-18-13(10-6-5-9(15)7-12(10)17)14-11(16)8-19-20(14)4-2/h5-8,13,18H,3-4H2,1-2H3. The Kier molecular flexibility index (Phi) is 5.35. The van der Waals surface area contributed by atoms with Crippen LogP contribution in [0.25, 0.3) is 0 Å². The molecule has 1 heterocycles. The van der Waals surface area contributed by atoms with Crippen molar-refractivity contribution in [1.82, 2.24) is 15.1 Å². The number of nitrogens with one attached hydrogen (secondary N) is 1. The van der Waals surface area contributed by atoms with Gasteiger partial charge in [0.05, 0.1) is 22.4 Å². The number of aromatic nitrogens is 2. The summed E-state index contributed by atoms with van der Waals surface area (Å²) in [6.07, 6.45) is 1.75. The lowest BCUT2D eigenvalue weighted by atomic mass is 10.0. The second kappa shape index (κ2) is 6.83. The van der Waals surface area contributed by atoms with Gasteiger partial charge in [0.25, 0.3) is 0 Å². The van der Waals surface area contributed by atoms with E-state index in [1.54, 1.807) is 12.3 Å². The summed E-state index contributed by atoms with van der Waals surface area (Å²) in [4.78, 5) is 0. The normalized spacial score (nSPS) is 12.7. The summed E-state index contributed by atoms with van der Waals surface area (Å²) in [7, 11) is 0. The number of rotatable bonds is 5. The van der Waals surface area contributed by atoms with E-state index < -0.39 is 0 Å². The Labute approximate surface area is 134 Å². The van der Waals surface area contributed by atoms with Crippen LogP contribution in [-0.4, -0.2) is 16.3 Å². The summed E-state index contributed by atoms with van der Waals surface area (Å²) < 4.78 is 17.8. The quantitative estimate of drug-likeness (QED) is 0.806. The lowest BCUT2D eigenvalue weighted by molar-refractivity contribution is 0.514. The van der Waals surface area contributed by atoms with E-state index in [0.717, 1.165) is 27.7 Å². The molecule has 0 saturated heterocycles. The molecule has 1 unspecified atom stereocenters. The van der Waals surface area contributed by atoms with Crippen LogP contribution in [0.15, 0.2) is 33.3 Å². The molecule has 0 fully saturated rings. The number of aryl methyl sites for hydroxylation is 1. The molecule has 1 atom stereocenters. The second-order valence-corrected chi connectivity index (χ2v) is 6.12. The van der Waals surface area contributed by atoms with Gasteiger partial charge in [-0.25, -0.2) is 4.39 Å². The summed E-state index contributed by atoms with van der Waals surface area (Å²) in [6, 6.07) is 4.90. The minimum Gasteiger partial charge on any atom is -0.305 e. The maximum absolute atomic E-state index is 14.3. The fourth-order valence-corrected chi connectivity index (χ4v) is 3.06. The highest BCUT2D eigenvalue weighted by atomic mass is 79.9. The van der Waals surface area contributed by atoms with Crippen LogP contribution in [0.1, 0.15) is 31.1 Å². The first-order chi connectivity index (χ1) is 9.58. The second-order valence-electron chi connectivity index (χ2n) is 4.35. The van der Waals surface area contributed by atoms with Crippen LogP contribution in [0, 0.1) is 5.82 Å². The van der Waals surface area contributed by atoms with Crippen molar-refractivity contribution >= 4 is 31.9 Å². The van der Waals surface area contributed by atoms with E-state index >= 15 is 0 Å². The topological polar surface area (TPSA) is 29.9 Å². The molecule has 0 aliphatic heterocycles. The Morgan fingerprint density at radius 1 is 1.35 bits per heavy atom. The molecule has 108 valence electrons. The fourth-order valence-electron chi connectivity index (χ4n) is 2.20. The van der Waals surface area contributed by atoms with Crippen molar-refractivity contribution in [3.63, 3.8) is 0 Å². The average molecular weight is 405 g/mol. The molecule has 0 aliphatic rings. The molecule has 0 aliphatic carbocycles. The van der Waals surface area contributed by atoms with E-state index in [-0.39, 0.29) is 11.9 Å². The zero-order chi connectivity index (χ0) is 14.7. The highest BCUT2D eigenvalue weighted by molar-refractivity contribution is 9.10. The summed E-state index contributed by atoms with van der Waals surface area (Å²) in [6.45, 7) is 5.50. The van der Waals surface area contributed by atoms with Crippen molar-refractivity contribution in [2.45, 2.75) is 26.4 Å². The van der Waals surface area contributed by atoms with E-state index in [1.165, 1.54) is 6.07 Å². The molecule has 6 heteroatoms. The number of hydrogen-bond acceptors (Lipinski definition) is 2. The molecule has 2 aromatic rings. The molecule has 20 heavy (non-hydrogen) atoms. The van der Waals surface area contributed by atoms with Gasteiger partial charge in [0.2, 0.25) is 0 Å². The van der Waals surface area contributed by atoms with Crippen molar-refractivity contribution in [1.29, 1.82) is 0 Å². The maximum atomic E-state index is 14.3. The van der Waals surface area contributed by atoms with Crippen LogP contribution < -0.4 is 5.32 Å². The van der Waals surface area contributed by atoms with Crippen molar-refractivity contribution < 1.29 is 4.39 Å². The molecule has 0 bridgehead atoms. The van der Waals surface area contributed by atoms with Gasteiger partial charge in [-0.15, -0.1) is 0 Å². The SMILES string of the molecule is CCNC(c1ccc(Br)cc1F)c1c(Br)cnn1CC. The van der Waals surface area contributed by atoms with E-state index in [9.17, 15) is 4.39 Å². The Morgan fingerprint density at radius 2 is 2.10 bits per heavy atom. The third-order valence-electron chi connectivity index (χ3n) is 3.09. The molecule has 2 rings (SSSR count).